The van der Waals surface area contributed by atoms with Crippen molar-refractivity contribution < 1.29 is 0 Å². The molecule has 0 radical (unpaired) electrons. The van der Waals surface area contributed by atoms with Crippen molar-refractivity contribution in [1.29, 1.82) is 0 Å². The molecule has 4 nitrogen and oxygen atoms in total. The number of nitrogens with one attached hydrogen (secondary N) is 1. The van der Waals surface area contributed by atoms with E-state index in [2.05, 4.69) is 4.98 Å². The Labute approximate surface area is 99.5 Å². The van der Waals surface area contributed by atoms with Crippen molar-refractivity contribution in [2.24, 2.45) is 5.73 Å². The summed E-state index contributed by atoms with van der Waals surface area (Å²) in [6, 6.07) is 7.65. The highest BCUT2D eigenvalue weighted by molar-refractivity contribution is 5.85. The van der Waals surface area contributed by atoms with Crippen molar-refractivity contribution in [3.8, 4) is 5.69 Å². The lowest BCUT2D eigenvalue weighted by Crippen LogP contribution is -2.16. The molecule has 0 aliphatic carbocycles. The molecule has 0 spiro atoms. The van der Waals surface area contributed by atoms with E-state index in [1.807, 2.05) is 31.2 Å². The summed E-state index contributed by atoms with van der Waals surface area (Å²) in [5.74, 6) is 0. The molecule has 0 bridgehead atoms. The fourth-order valence-electron chi connectivity index (χ4n) is 1.60. The standard InChI is InChI=1S/C11H13N3O.ClH/c1-8-7-13-11(15)14(8)10-4-2-3-9(5-10)6-12;/h2-5,7H,6,12H2,1H3,(H,13,15);1H. The zero-order valence-corrected chi connectivity index (χ0v) is 9.75. The molecule has 3 N–H and O–H groups in total. The molecule has 0 aliphatic heterocycles. The number of nitrogens with zero attached hydrogens (tertiary/aromatic N) is 1. The van der Waals surface area contributed by atoms with Gasteiger partial charge in [0.05, 0.1) is 5.69 Å². The largest absolute Gasteiger partial charge is 0.330 e. The van der Waals surface area contributed by atoms with Crippen LogP contribution in [0.15, 0.2) is 35.3 Å². The number of hydrogen-bond acceptors (Lipinski definition) is 2. The van der Waals surface area contributed by atoms with Crippen LogP contribution < -0.4 is 11.4 Å². The molecule has 0 atom stereocenters. The first-order chi connectivity index (χ1) is 7.22. The fraction of sp³-hybridized carbons (Fsp3) is 0.182. The third-order valence-electron chi connectivity index (χ3n) is 2.36. The molecule has 0 amide bonds. The number of imidazole rings is 1. The summed E-state index contributed by atoms with van der Waals surface area (Å²) in [7, 11) is 0. The van der Waals surface area contributed by atoms with Gasteiger partial charge in [0.25, 0.3) is 0 Å². The van der Waals surface area contributed by atoms with Gasteiger partial charge in [-0.3, -0.25) is 4.57 Å². The van der Waals surface area contributed by atoms with Gasteiger partial charge >= 0.3 is 5.69 Å². The molecular weight excluding hydrogens is 226 g/mol. The first-order valence-electron chi connectivity index (χ1n) is 4.79. The Bertz CT molecular complexity index is 530. The van der Waals surface area contributed by atoms with E-state index in [9.17, 15) is 4.79 Å². The number of hydrogen-bond donors (Lipinski definition) is 2. The summed E-state index contributed by atoms with van der Waals surface area (Å²) < 4.78 is 1.62. The van der Waals surface area contributed by atoms with E-state index in [0.29, 0.717) is 6.54 Å². The maximum absolute atomic E-state index is 11.5. The highest BCUT2D eigenvalue weighted by Gasteiger charge is 2.04. The number of rotatable bonds is 2. The van der Waals surface area contributed by atoms with Gasteiger partial charge in [-0.1, -0.05) is 12.1 Å². The molecule has 0 unspecified atom stereocenters. The van der Waals surface area contributed by atoms with Crippen molar-refractivity contribution in [3.05, 3.63) is 52.2 Å². The molecule has 1 aromatic carbocycles. The molecule has 86 valence electrons. The Kier molecular flexibility index (Phi) is 3.93. The monoisotopic (exact) mass is 239 g/mol. The summed E-state index contributed by atoms with van der Waals surface area (Å²) in [4.78, 5) is 14.2. The molecule has 5 heteroatoms. The number of aromatic nitrogens is 2. The minimum absolute atomic E-state index is 0. The molecule has 2 aromatic rings. The number of benzene rings is 1. The van der Waals surface area contributed by atoms with Gasteiger partial charge in [-0.25, -0.2) is 4.79 Å². The SMILES string of the molecule is Cc1c[nH]c(=O)n1-c1cccc(CN)c1.Cl. The van der Waals surface area contributed by atoms with Crippen LogP contribution in [0.25, 0.3) is 5.69 Å². The Morgan fingerprint density at radius 1 is 1.44 bits per heavy atom. The van der Waals surface area contributed by atoms with E-state index in [0.717, 1.165) is 16.9 Å². The maximum Gasteiger partial charge on any atom is 0.330 e. The molecule has 1 aromatic heterocycles. The summed E-state index contributed by atoms with van der Waals surface area (Å²) in [5, 5.41) is 0. The predicted molar refractivity (Wildman–Crippen MR) is 66.3 cm³/mol. The van der Waals surface area contributed by atoms with E-state index in [-0.39, 0.29) is 18.1 Å². The van der Waals surface area contributed by atoms with Gasteiger partial charge in [-0.05, 0) is 24.6 Å². The fourth-order valence-corrected chi connectivity index (χ4v) is 1.60. The smallest absolute Gasteiger partial charge is 0.326 e. The first kappa shape index (κ1) is 12.5. The third-order valence-corrected chi connectivity index (χ3v) is 2.36. The topological polar surface area (TPSA) is 63.8 Å². The van der Waals surface area contributed by atoms with Crippen LogP contribution >= 0.6 is 12.4 Å². The molecule has 1 heterocycles. The highest BCUT2D eigenvalue weighted by Crippen LogP contribution is 2.10. The maximum atomic E-state index is 11.5. The van der Waals surface area contributed by atoms with Gasteiger partial charge in [-0.2, -0.15) is 0 Å². The van der Waals surface area contributed by atoms with Crippen molar-refractivity contribution in [1.82, 2.24) is 9.55 Å². The second kappa shape index (κ2) is 5.01. The van der Waals surface area contributed by atoms with Gasteiger partial charge in [0, 0.05) is 18.4 Å². The van der Waals surface area contributed by atoms with Crippen LogP contribution in [0.4, 0.5) is 0 Å². The van der Waals surface area contributed by atoms with Crippen LogP contribution in [0.3, 0.4) is 0 Å². The van der Waals surface area contributed by atoms with Gasteiger partial charge in [0.2, 0.25) is 0 Å². The molecule has 0 fully saturated rings. The zero-order chi connectivity index (χ0) is 10.8. The Morgan fingerprint density at radius 2 is 2.19 bits per heavy atom. The predicted octanol–water partition coefficient (Wildman–Crippen LogP) is 1.35. The van der Waals surface area contributed by atoms with E-state index < -0.39 is 0 Å². The van der Waals surface area contributed by atoms with Gasteiger partial charge in [-0.15, -0.1) is 12.4 Å². The van der Waals surface area contributed by atoms with E-state index in [1.54, 1.807) is 10.8 Å². The Morgan fingerprint density at radius 3 is 2.75 bits per heavy atom. The van der Waals surface area contributed by atoms with Crippen LogP contribution in [-0.4, -0.2) is 9.55 Å². The van der Waals surface area contributed by atoms with Crippen LogP contribution in [0.5, 0.6) is 0 Å². The van der Waals surface area contributed by atoms with Crippen LogP contribution in [-0.2, 0) is 6.54 Å². The second-order valence-electron chi connectivity index (χ2n) is 3.44. The third kappa shape index (κ3) is 2.18. The van der Waals surface area contributed by atoms with Crippen molar-refractivity contribution in [2.45, 2.75) is 13.5 Å². The van der Waals surface area contributed by atoms with E-state index in [4.69, 9.17) is 5.73 Å². The van der Waals surface area contributed by atoms with Crippen molar-refractivity contribution >= 4 is 12.4 Å². The lowest BCUT2D eigenvalue weighted by Gasteiger charge is -2.05. The average Bonchev–Trinajstić information content (AvgIpc) is 2.59. The molecule has 0 saturated heterocycles. The van der Waals surface area contributed by atoms with Crippen molar-refractivity contribution in [3.63, 3.8) is 0 Å². The second-order valence-corrected chi connectivity index (χ2v) is 3.44. The highest BCUT2D eigenvalue weighted by atomic mass is 35.5. The number of H-pyrrole nitrogens is 1. The minimum Gasteiger partial charge on any atom is -0.326 e. The summed E-state index contributed by atoms with van der Waals surface area (Å²) in [6.45, 7) is 2.36. The summed E-state index contributed by atoms with van der Waals surface area (Å²) in [6.07, 6.45) is 1.69. The molecule has 0 saturated carbocycles. The Hall–Kier alpha value is -1.52. The molecule has 16 heavy (non-hydrogen) atoms. The quantitative estimate of drug-likeness (QED) is 0.831. The number of nitrogens with two attached hydrogens (primary N) is 1. The number of halogens is 1. The van der Waals surface area contributed by atoms with Gasteiger partial charge in [0.1, 0.15) is 0 Å². The summed E-state index contributed by atoms with van der Waals surface area (Å²) >= 11 is 0. The van der Waals surface area contributed by atoms with E-state index >= 15 is 0 Å². The normalized spacial score (nSPS) is 9.88. The van der Waals surface area contributed by atoms with E-state index in [1.165, 1.54) is 0 Å². The number of aryl methyl sites for hydroxylation is 1. The van der Waals surface area contributed by atoms with Gasteiger partial charge < -0.3 is 10.7 Å². The lowest BCUT2D eigenvalue weighted by molar-refractivity contribution is 0.941. The minimum atomic E-state index is -0.123. The van der Waals surface area contributed by atoms with Crippen LogP contribution in [0, 0.1) is 6.92 Å². The van der Waals surface area contributed by atoms with Crippen LogP contribution in [0.2, 0.25) is 0 Å². The summed E-state index contributed by atoms with van der Waals surface area (Å²) in [5.41, 5.74) is 8.18. The zero-order valence-electron chi connectivity index (χ0n) is 8.93. The van der Waals surface area contributed by atoms with Crippen LogP contribution in [0.1, 0.15) is 11.3 Å². The lowest BCUT2D eigenvalue weighted by atomic mass is 10.2. The number of aromatic amines is 1. The molecule has 0 aliphatic rings. The molecular formula is C11H14ClN3O. The van der Waals surface area contributed by atoms with Crippen molar-refractivity contribution in [2.75, 3.05) is 0 Å². The Balaban J connectivity index is 0.00000128. The molecule has 2 rings (SSSR count). The first-order valence-corrected chi connectivity index (χ1v) is 4.79. The average molecular weight is 240 g/mol. The van der Waals surface area contributed by atoms with Gasteiger partial charge in [0.15, 0.2) is 0 Å².